The van der Waals surface area contributed by atoms with Gasteiger partial charge in [-0.3, -0.25) is 14.4 Å². The molecule has 0 bridgehead atoms. The Bertz CT molecular complexity index is 1900. The molecule has 0 N–H and O–H groups in total. The Kier molecular flexibility index (Phi) is 62.5. The number of ether oxygens (including phenoxy) is 3. The summed E-state index contributed by atoms with van der Waals surface area (Å²) >= 11 is 0. The van der Waals surface area contributed by atoms with E-state index in [1.807, 2.05) is 0 Å². The summed E-state index contributed by atoms with van der Waals surface area (Å²) < 4.78 is 16.9. The molecule has 0 spiro atoms. The predicted molar refractivity (Wildman–Crippen MR) is 352 cm³/mol. The first-order valence-corrected chi connectivity index (χ1v) is 32.3. The number of unbranched alkanes of at least 4 members (excludes halogenated alkanes) is 15. The average molecular weight is 1110 g/mol. The van der Waals surface area contributed by atoms with E-state index in [1.54, 1.807) is 0 Å². The molecule has 0 aromatic heterocycles. The first-order chi connectivity index (χ1) is 40.0. The van der Waals surface area contributed by atoms with Crippen molar-refractivity contribution >= 4 is 17.9 Å². The van der Waals surface area contributed by atoms with E-state index in [0.29, 0.717) is 19.3 Å². The SMILES string of the molecule is CC/C=C\C/C=C\C/C=C\C/C=C\C/C=C\C/C=C\C/C=C\CCCCCC(=O)OCC(COC(=O)CCCCCCCC/C=C\C/C=C\C/C=C\C/C=C\CC)OC(=O)CCCCCCCC/C=C\C/C=C\C/C=C\C/C=C\CC. The second-order valence-corrected chi connectivity index (χ2v) is 20.5. The Labute approximate surface area is 497 Å². The van der Waals surface area contributed by atoms with Gasteiger partial charge in [-0.2, -0.15) is 0 Å². The molecule has 0 aromatic rings. The van der Waals surface area contributed by atoms with E-state index in [0.717, 1.165) is 186 Å². The van der Waals surface area contributed by atoms with Gasteiger partial charge in [0, 0.05) is 19.3 Å². The van der Waals surface area contributed by atoms with Gasteiger partial charge in [0.15, 0.2) is 6.10 Å². The Hall–Kier alpha value is -5.49. The summed E-state index contributed by atoms with van der Waals surface area (Å²) in [4.78, 5) is 38.4. The van der Waals surface area contributed by atoms with Gasteiger partial charge in [-0.25, -0.2) is 0 Å². The summed E-state index contributed by atoms with van der Waals surface area (Å²) in [5.41, 5.74) is 0. The lowest BCUT2D eigenvalue weighted by Gasteiger charge is -2.18. The van der Waals surface area contributed by atoms with E-state index in [-0.39, 0.29) is 31.1 Å². The number of hydrogen-bond donors (Lipinski definition) is 0. The van der Waals surface area contributed by atoms with Crippen LogP contribution in [0.5, 0.6) is 0 Å². The van der Waals surface area contributed by atoms with Gasteiger partial charge in [0.2, 0.25) is 0 Å². The number of carbonyl (C=O) groups is 3. The minimum atomic E-state index is -0.819. The molecule has 0 heterocycles. The third-order valence-corrected chi connectivity index (χ3v) is 12.9. The van der Waals surface area contributed by atoms with Crippen LogP contribution in [-0.2, 0) is 28.6 Å². The van der Waals surface area contributed by atoms with E-state index >= 15 is 0 Å². The molecule has 0 amide bonds. The van der Waals surface area contributed by atoms with E-state index < -0.39 is 6.10 Å². The van der Waals surface area contributed by atoms with Crippen LogP contribution < -0.4 is 0 Å². The summed E-state index contributed by atoms with van der Waals surface area (Å²) in [6, 6.07) is 0. The molecule has 81 heavy (non-hydrogen) atoms. The van der Waals surface area contributed by atoms with E-state index in [1.165, 1.54) is 25.7 Å². The molecule has 0 saturated carbocycles. The number of hydrogen-bond acceptors (Lipinski definition) is 6. The van der Waals surface area contributed by atoms with E-state index in [4.69, 9.17) is 14.2 Å². The predicted octanol–water partition coefficient (Wildman–Crippen LogP) is 22.4. The maximum atomic E-state index is 12.9. The highest BCUT2D eigenvalue weighted by Crippen LogP contribution is 2.14. The molecule has 0 saturated heterocycles. The quantitative estimate of drug-likeness (QED) is 0.0261. The highest BCUT2D eigenvalue weighted by Gasteiger charge is 2.19. The highest BCUT2D eigenvalue weighted by atomic mass is 16.6. The number of rotatable bonds is 56. The third kappa shape index (κ3) is 65.2. The van der Waals surface area contributed by atoms with Crippen molar-refractivity contribution < 1.29 is 28.6 Å². The molecule has 0 rings (SSSR count). The fourth-order valence-electron chi connectivity index (χ4n) is 8.17. The maximum Gasteiger partial charge on any atom is 0.306 e. The molecular formula is C75H116O6. The van der Waals surface area contributed by atoms with Crippen LogP contribution in [0, 0.1) is 0 Å². The molecule has 0 aliphatic heterocycles. The third-order valence-electron chi connectivity index (χ3n) is 12.9. The lowest BCUT2D eigenvalue weighted by Crippen LogP contribution is -2.30. The Morgan fingerprint density at radius 1 is 0.247 bits per heavy atom. The Morgan fingerprint density at radius 3 is 0.704 bits per heavy atom. The number of allylic oxidation sites excluding steroid dienone is 30. The zero-order chi connectivity index (χ0) is 58.5. The zero-order valence-electron chi connectivity index (χ0n) is 51.7. The summed E-state index contributed by atoms with van der Waals surface area (Å²) in [6.45, 7) is 6.24. The summed E-state index contributed by atoms with van der Waals surface area (Å²) in [6.07, 6.45) is 100. The largest absolute Gasteiger partial charge is 0.462 e. The Balaban J connectivity index is 4.55. The van der Waals surface area contributed by atoms with Crippen molar-refractivity contribution in [2.24, 2.45) is 0 Å². The fraction of sp³-hybridized carbons (Fsp3) is 0.560. The zero-order valence-corrected chi connectivity index (χ0v) is 51.7. The summed E-state index contributed by atoms with van der Waals surface area (Å²) in [5.74, 6) is -0.978. The minimum Gasteiger partial charge on any atom is -0.462 e. The van der Waals surface area contributed by atoms with Crippen LogP contribution in [0.4, 0.5) is 0 Å². The van der Waals surface area contributed by atoms with Gasteiger partial charge in [-0.05, 0) is 154 Å². The highest BCUT2D eigenvalue weighted by molar-refractivity contribution is 5.71. The van der Waals surface area contributed by atoms with E-state index in [2.05, 4.69) is 203 Å². The summed E-state index contributed by atoms with van der Waals surface area (Å²) in [5, 5.41) is 0. The number of carbonyl (C=O) groups excluding carboxylic acids is 3. The van der Waals surface area contributed by atoms with Crippen LogP contribution in [0.3, 0.4) is 0 Å². The molecule has 1 unspecified atom stereocenters. The van der Waals surface area contributed by atoms with Crippen molar-refractivity contribution in [1.82, 2.24) is 0 Å². The first-order valence-electron chi connectivity index (χ1n) is 32.3. The minimum absolute atomic E-state index is 0.112. The molecule has 452 valence electrons. The normalized spacial score (nSPS) is 13.4. The second kappa shape index (κ2) is 67.0. The maximum absolute atomic E-state index is 12.9. The van der Waals surface area contributed by atoms with Gasteiger partial charge in [0.25, 0.3) is 0 Å². The topological polar surface area (TPSA) is 78.9 Å². The van der Waals surface area contributed by atoms with Crippen molar-refractivity contribution in [3.63, 3.8) is 0 Å². The van der Waals surface area contributed by atoms with Gasteiger partial charge < -0.3 is 14.2 Å². The van der Waals surface area contributed by atoms with Gasteiger partial charge in [0.1, 0.15) is 13.2 Å². The lowest BCUT2D eigenvalue weighted by molar-refractivity contribution is -0.167. The lowest BCUT2D eigenvalue weighted by atomic mass is 10.1. The fourth-order valence-corrected chi connectivity index (χ4v) is 8.17. The molecule has 0 aliphatic rings. The van der Waals surface area contributed by atoms with Crippen LogP contribution >= 0.6 is 0 Å². The number of esters is 3. The molecule has 0 aliphatic carbocycles. The standard InChI is InChI=1S/C75H116O6/c1-4-7-10-13-16-19-22-25-28-31-34-35-36-37-38-39-42-44-47-50-53-56-59-62-65-68-74(77)80-71-72(81-75(78)69-66-63-60-57-54-51-48-45-41-33-30-27-24-21-18-15-12-9-6-3)70-79-73(76)67-64-61-58-55-52-49-46-43-40-32-29-26-23-20-17-14-11-8-5-2/h7-12,16-21,25-30,34-35,37-38,40-45,50,53,72H,4-6,13-15,22-24,31-33,36,39,46-49,51-52,54-71H2,1-3H3/b10-7-,11-8-,12-9-,19-16-,20-17-,21-18-,28-25-,29-26-,30-27-,35-34-,38-37-,43-40-,44-42-,45-41-,53-50-. The average Bonchev–Trinajstić information content (AvgIpc) is 3.47. The second-order valence-electron chi connectivity index (χ2n) is 20.5. The van der Waals surface area contributed by atoms with Crippen molar-refractivity contribution in [3.05, 3.63) is 182 Å². The first kappa shape index (κ1) is 75.5. The summed E-state index contributed by atoms with van der Waals surface area (Å²) in [7, 11) is 0. The molecule has 1 atom stereocenters. The molecule has 6 nitrogen and oxygen atoms in total. The van der Waals surface area contributed by atoms with Gasteiger partial charge in [-0.1, -0.05) is 261 Å². The van der Waals surface area contributed by atoms with Crippen molar-refractivity contribution in [3.8, 4) is 0 Å². The van der Waals surface area contributed by atoms with Crippen molar-refractivity contribution in [1.29, 1.82) is 0 Å². The van der Waals surface area contributed by atoms with Crippen LogP contribution in [-0.4, -0.2) is 37.2 Å². The molecule has 0 fully saturated rings. The Morgan fingerprint density at radius 2 is 0.444 bits per heavy atom. The van der Waals surface area contributed by atoms with Crippen LogP contribution in [0.2, 0.25) is 0 Å². The molecule has 0 aromatic carbocycles. The monoisotopic (exact) mass is 1110 g/mol. The van der Waals surface area contributed by atoms with Gasteiger partial charge in [0.05, 0.1) is 0 Å². The van der Waals surface area contributed by atoms with Crippen LogP contribution in [0.15, 0.2) is 182 Å². The van der Waals surface area contributed by atoms with E-state index in [9.17, 15) is 14.4 Å². The van der Waals surface area contributed by atoms with Gasteiger partial charge in [-0.15, -0.1) is 0 Å². The molecule has 6 heteroatoms. The molecule has 0 radical (unpaired) electrons. The van der Waals surface area contributed by atoms with Crippen LogP contribution in [0.25, 0.3) is 0 Å². The smallest absolute Gasteiger partial charge is 0.306 e. The van der Waals surface area contributed by atoms with Crippen molar-refractivity contribution in [2.45, 2.75) is 258 Å². The van der Waals surface area contributed by atoms with Crippen LogP contribution in [0.1, 0.15) is 252 Å². The van der Waals surface area contributed by atoms with Gasteiger partial charge >= 0.3 is 17.9 Å². The van der Waals surface area contributed by atoms with Crippen molar-refractivity contribution in [2.75, 3.05) is 13.2 Å². The molecular weight excluding hydrogens is 997 g/mol.